The SMILES string of the molecule is O=C(O)N1C2CNCC1C(F)C2. The number of amides is 1. The van der Waals surface area contributed by atoms with E-state index >= 15 is 0 Å². The Bertz CT molecular complexity index is 212. The smallest absolute Gasteiger partial charge is 0.407 e. The van der Waals surface area contributed by atoms with Crippen LogP contribution in [0.1, 0.15) is 6.42 Å². The molecule has 0 aromatic heterocycles. The fourth-order valence-electron chi connectivity index (χ4n) is 2.08. The fraction of sp³-hybridized carbons (Fsp3) is 0.857. The molecule has 1 amide bonds. The Morgan fingerprint density at radius 1 is 1.58 bits per heavy atom. The Kier molecular flexibility index (Phi) is 1.68. The van der Waals surface area contributed by atoms with E-state index in [1.54, 1.807) is 0 Å². The van der Waals surface area contributed by atoms with Crippen LogP contribution in [0.5, 0.6) is 0 Å². The Labute approximate surface area is 69.3 Å². The van der Waals surface area contributed by atoms with Crippen molar-refractivity contribution in [1.29, 1.82) is 0 Å². The van der Waals surface area contributed by atoms with E-state index in [9.17, 15) is 9.18 Å². The first kappa shape index (κ1) is 7.79. The van der Waals surface area contributed by atoms with Gasteiger partial charge in [-0.2, -0.15) is 0 Å². The first-order valence-electron chi connectivity index (χ1n) is 4.06. The third-order valence-corrected chi connectivity index (χ3v) is 2.62. The van der Waals surface area contributed by atoms with Crippen molar-refractivity contribution in [2.75, 3.05) is 13.1 Å². The van der Waals surface area contributed by atoms with Crippen molar-refractivity contribution in [2.24, 2.45) is 0 Å². The summed E-state index contributed by atoms with van der Waals surface area (Å²) in [6, 6.07) is -0.613. The molecule has 2 aliphatic heterocycles. The van der Waals surface area contributed by atoms with Crippen molar-refractivity contribution >= 4 is 6.09 Å². The maximum absolute atomic E-state index is 13.1. The zero-order valence-electron chi connectivity index (χ0n) is 6.53. The third kappa shape index (κ3) is 0.964. The van der Waals surface area contributed by atoms with E-state index in [0.717, 1.165) is 0 Å². The molecule has 3 atom stereocenters. The number of alkyl halides is 1. The van der Waals surface area contributed by atoms with Gasteiger partial charge in [-0.3, -0.25) is 4.90 Å². The molecular formula is C7H11FN2O2. The largest absolute Gasteiger partial charge is 0.465 e. The molecule has 0 aromatic rings. The second kappa shape index (κ2) is 2.58. The van der Waals surface area contributed by atoms with E-state index in [1.165, 1.54) is 4.90 Å². The van der Waals surface area contributed by atoms with Crippen molar-refractivity contribution in [3.63, 3.8) is 0 Å². The predicted octanol–water partition coefficient (Wildman–Crippen LogP) is 0.0486. The van der Waals surface area contributed by atoms with Crippen LogP contribution in [-0.4, -0.2) is 47.4 Å². The zero-order valence-corrected chi connectivity index (χ0v) is 6.53. The summed E-state index contributed by atoms with van der Waals surface area (Å²) in [4.78, 5) is 11.9. The summed E-state index contributed by atoms with van der Waals surface area (Å²) in [6.07, 6.45) is -1.63. The van der Waals surface area contributed by atoms with E-state index in [4.69, 9.17) is 5.11 Å². The van der Waals surface area contributed by atoms with Crippen LogP contribution in [-0.2, 0) is 0 Å². The highest BCUT2D eigenvalue weighted by Gasteiger charge is 2.46. The van der Waals surface area contributed by atoms with Gasteiger partial charge in [-0.1, -0.05) is 0 Å². The van der Waals surface area contributed by atoms with Gasteiger partial charge in [0, 0.05) is 19.5 Å². The quantitative estimate of drug-likeness (QED) is 0.545. The van der Waals surface area contributed by atoms with E-state index in [2.05, 4.69) is 5.32 Å². The van der Waals surface area contributed by atoms with Gasteiger partial charge in [0.2, 0.25) is 0 Å². The summed E-state index contributed by atoms with van der Waals surface area (Å²) < 4.78 is 13.1. The van der Waals surface area contributed by atoms with Gasteiger partial charge in [0.1, 0.15) is 6.17 Å². The number of hydrogen-bond acceptors (Lipinski definition) is 2. The van der Waals surface area contributed by atoms with E-state index in [1.807, 2.05) is 0 Å². The summed E-state index contributed by atoms with van der Waals surface area (Å²) in [5.41, 5.74) is 0. The second-order valence-corrected chi connectivity index (χ2v) is 3.32. The van der Waals surface area contributed by atoms with Gasteiger partial charge in [0.05, 0.1) is 12.1 Å². The number of carboxylic acid groups (broad SMARTS) is 1. The fourth-order valence-corrected chi connectivity index (χ4v) is 2.08. The average molecular weight is 174 g/mol. The summed E-state index contributed by atoms with van der Waals surface area (Å²) in [5.74, 6) is 0. The maximum atomic E-state index is 13.1. The average Bonchev–Trinajstić information content (AvgIpc) is 2.20. The molecular weight excluding hydrogens is 163 g/mol. The number of carbonyl (C=O) groups is 1. The van der Waals surface area contributed by atoms with Gasteiger partial charge >= 0.3 is 6.09 Å². The molecule has 0 aliphatic carbocycles. The Balaban J connectivity index is 2.19. The number of hydrogen-bond donors (Lipinski definition) is 2. The highest BCUT2D eigenvalue weighted by atomic mass is 19.1. The molecule has 0 aromatic carbocycles. The lowest BCUT2D eigenvalue weighted by Crippen LogP contribution is -2.54. The van der Waals surface area contributed by atoms with E-state index in [0.29, 0.717) is 19.5 Å². The van der Waals surface area contributed by atoms with Gasteiger partial charge in [-0.25, -0.2) is 9.18 Å². The number of fused-ring (bicyclic) bond motifs is 2. The van der Waals surface area contributed by atoms with Crippen LogP contribution in [0.25, 0.3) is 0 Å². The molecule has 3 unspecified atom stereocenters. The summed E-state index contributed by atoms with van der Waals surface area (Å²) >= 11 is 0. The number of piperazine rings is 1. The lowest BCUT2D eigenvalue weighted by molar-refractivity contribution is 0.0992. The molecule has 2 aliphatic rings. The number of rotatable bonds is 0. The first-order chi connectivity index (χ1) is 5.70. The molecule has 2 rings (SSSR count). The summed E-state index contributed by atoms with van der Waals surface area (Å²) in [5, 5.41) is 11.8. The van der Waals surface area contributed by atoms with Gasteiger partial charge in [-0.15, -0.1) is 0 Å². The van der Waals surface area contributed by atoms with Crippen LogP contribution in [0.2, 0.25) is 0 Å². The highest BCUT2D eigenvalue weighted by molar-refractivity contribution is 5.67. The summed E-state index contributed by atoms with van der Waals surface area (Å²) in [6.45, 7) is 1.03. The van der Waals surface area contributed by atoms with E-state index < -0.39 is 18.3 Å². The minimum atomic E-state index is -0.994. The molecule has 0 saturated carbocycles. The topological polar surface area (TPSA) is 52.6 Å². The number of halogens is 1. The van der Waals surface area contributed by atoms with E-state index in [-0.39, 0.29) is 6.04 Å². The van der Waals surface area contributed by atoms with Gasteiger partial charge in [-0.05, 0) is 0 Å². The van der Waals surface area contributed by atoms with Crippen LogP contribution in [0.15, 0.2) is 0 Å². The molecule has 68 valence electrons. The molecule has 12 heavy (non-hydrogen) atoms. The zero-order chi connectivity index (χ0) is 8.72. The van der Waals surface area contributed by atoms with Crippen molar-refractivity contribution < 1.29 is 14.3 Å². The lowest BCUT2D eigenvalue weighted by Gasteiger charge is -2.32. The molecule has 4 nitrogen and oxygen atoms in total. The van der Waals surface area contributed by atoms with Crippen molar-refractivity contribution in [2.45, 2.75) is 24.7 Å². The van der Waals surface area contributed by atoms with Crippen LogP contribution < -0.4 is 5.32 Å². The molecule has 5 heteroatoms. The highest BCUT2D eigenvalue weighted by Crippen LogP contribution is 2.29. The van der Waals surface area contributed by atoms with Crippen molar-refractivity contribution in [3.05, 3.63) is 0 Å². The summed E-state index contributed by atoms with van der Waals surface area (Å²) in [7, 11) is 0. The minimum absolute atomic E-state index is 0.156. The third-order valence-electron chi connectivity index (χ3n) is 2.62. The number of nitrogens with one attached hydrogen (secondary N) is 1. The molecule has 0 spiro atoms. The van der Waals surface area contributed by atoms with Crippen LogP contribution >= 0.6 is 0 Å². The molecule has 2 saturated heterocycles. The van der Waals surface area contributed by atoms with Crippen molar-refractivity contribution in [3.8, 4) is 0 Å². The van der Waals surface area contributed by atoms with Crippen LogP contribution in [0.3, 0.4) is 0 Å². The Morgan fingerprint density at radius 2 is 2.33 bits per heavy atom. The predicted molar refractivity (Wildman–Crippen MR) is 39.8 cm³/mol. The van der Waals surface area contributed by atoms with Crippen molar-refractivity contribution in [1.82, 2.24) is 10.2 Å². The molecule has 2 N–H and O–H groups in total. The molecule has 2 bridgehead atoms. The first-order valence-corrected chi connectivity index (χ1v) is 4.06. The number of nitrogens with zero attached hydrogens (tertiary/aromatic N) is 1. The standard InChI is InChI=1S/C7H11FN2O2/c8-5-1-4-2-9-3-6(5)10(4)7(11)12/h4-6,9H,1-3H2,(H,11,12). The second-order valence-electron chi connectivity index (χ2n) is 3.32. The normalized spacial score (nSPS) is 40.1. The maximum Gasteiger partial charge on any atom is 0.407 e. The van der Waals surface area contributed by atoms with Gasteiger partial charge < -0.3 is 10.4 Å². The lowest BCUT2D eigenvalue weighted by atomic mass is 10.2. The van der Waals surface area contributed by atoms with Crippen LogP contribution in [0, 0.1) is 0 Å². The van der Waals surface area contributed by atoms with Gasteiger partial charge in [0.15, 0.2) is 0 Å². The van der Waals surface area contributed by atoms with Crippen LogP contribution in [0.4, 0.5) is 9.18 Å². The molecule has 0 radical (unpaired) electrons. The Morgan fingerprint density at radius 3 is 2.83 bits per heavy atom. The Hall–Kier alpha value is -0.840. The molecule has 2 heterocycles. The minimum Gasteiger partial charge on any atom is -0.465 e. The monoisotopic (exact) mass is 174 g/mol. The van der Waals surface area contributed by atoms with Gasteiger partial charge in [0.25, 0.3) is 0 Å². The molecule has 2 fully saturated rings.